The van der Waals surface area contributed by atoms with Gasteiger partial charge in [0.2, 0.25) is 5.96 Å². The van der Waals surface area contributed by atoms with E-state index in [0.29, 0.717) is 50.4 Å². The minimum atomic E-state index is -5.12. The Hall–Kier alpha value is -4.02. The quantitative estimate of drug-likeness (QED) is 0.0899. The molecule has 1 aliphatic rings. The molecule has 1 saturated heterocycles. The molecular weight excluding hydrogens is 643 g/mol. The Morgan fingerprint density at radius 1 is 0.787 bits per heavy atom. The van der Waals surface area contributed by atoms with Gasteiger partial charge in [0.1, 0.15) is 0 Å². The summed E-state index contributed by atoms with van der Waals surface area (Å²) in [5.41, 5.74) is 3.03. The Balaban J connectivity index is 1.85. The maximum absolute atomic E-state index is 14.0. The molecular formula is C31H33F9N6O. The van der Waals surface area contributed by atoms with E-state index in [-0.39, 0.29) is 11.6 Å². The molecule has 4 N–H and O–H groups in total. The zero-order valence-electron chi connectivity index (χ0n) is 25.1. The van der Waals surface area contributed by atoms with E-state index in [1.807, 2.05) is 30.3 Å². The molecule has 3 aromatic carbocycles. The average molecular weight is 677 g/mol. The van der Waals surface area contributed by atoms with Crippen molar-refractivity contribution in [2.75, 3.05) is 33.4 Å². The van der Waals surface area contributed by atoms with Gasteiger partial charge in [-0.1, -0.05) is 36.4 Å². The van der Waals surface area contributed by atoms with Gasteiger partial charge < -0.3 is 15.4 Å². The van der Waals surface area contributed by atoms with Gasteiger partial charge >= 0.3 is 18.5 Å². The molecule has 0 bridgehead atoms. The number of morpholine rings is 1. The second-order valence-corrected chi connectivity index (χ2v) is 11.1. The van der Waals surface area contributed by atoms with Crippen LogP contribution >= 0.6 is 0 Å². The van der Waals surface area contributed by atoms with Crippen LogP contribution in [0.1, 0.15) is 45.0 Å². The largest absolute Gasteiger partial charge is 0.416 e. The predicted molar refractivity (Wildman–Crippen MR) is 156 cm³/mol. The number of hydrazone groups is 1. The van der Waals surface area contributed by atoms with Crippen LogP contribution in [0.3, 0.4) is 0 Å². The van der Waals surface area contributed by atoms with Crippen molar-refractivity contribution in [3.8, 4) is 0 Å². The first kappa shape index (κ1) is 35.8. The van der Waals surface area contributed by atoms with E-state index in [0.717, 1.165) is 27.7 Å². The van der Waals surface area contributed by atoms with Gasteiger partial charge in [0.25, 0.3) is 0 Å². The lowest BCUT2D eigenvalue weighted by atomic mass is 9.91. The highest BCUT2D eigenvalue weighted by atomic mass is 19.4. The first-order valence-electron chi connectivity index (χ1n) is 14.3. The number of guanidine groups is 1. The summed E-state index contributed by atoms with van der Waals surface area (Å²) in [6.07, 6.45) is -14.6. The lowest BCUT2D eigenvalue weighted by Gasteiger charge is -2.37. The minimum Gasteiger partial charge on any atom is -0.379 e. The monoisotopic (exact) mass is 676 g/mol. The summed E-state index contributed by atoms with van der Waals surface area (Å²) in [6, 6.07) is 13.0. The van der Waals surface area contributed by atoms with E-state index in [2.05, 4.69) is 10.0 Å². The summed E-state index contributed by atoms with van der Waals surface area (Å²) < 4.78 is 129. The van der Waals surface area contributed by atoms with Crippen LogP contribution in [0.25, 0.3) is 0 Å². The van der Waals surface area contributed by atoms with Gasteiger partial charge in [-0.3, -0.25) is 4.90 Å². The Labute approximate surface area is 265 Å². The topological polar surface area (TPSA) is 83.3 Å². The van der Waals surface area contributed by atoms with E-state index in [1.54, 1.807) is 0 Å². The van der Waals surface area contributed by atoms with Crippen molar-refractivity contribution in [2.24, 2.45) is 16.7 Å². The zero-order valence-corrected chi connectivity index (χ0v) is 25.1. The molecule has 3 aromatic rings. The molecule has 0 aromatic heterocycles. The molecule has 1 heterocycles. The fourth-order valence-electron chi connectivity index (χ4n) is 5.39. The number of rotatable bonds is 9. The number of nitrogens with two attached hydrogens (primary N) is 2. The molecule has 0 aliphatic carbocycles. The van der Waals surface area contributed by atoms with Crippen LogP contribution in [0.4, 0.5) is 39.5 Å². The number of halogens is 9. The number of ether oxygens (including phenoxy) is 1. The second-order valence-electron chi connectivity index (χ2n) is 11.1. The zero-order chi connectivity index (χ0) is 34.6. The number of nitrogens with zero attached hydrogens (tertiary/aromatic N) is 4. The van der Waals surface area contributed by atoms with Crippen molar-refractivity contribution in [1.29, 1.82) is 0 Å². The first-order chi connectivity index (χ1) is 21.9. The predicted octanol–water partition coefficient (Wildman–Crippen LogP) is 6.40. The maximum Gasteiger partial charge on any atom is 0.416 e. The highest BCUT2D eigenvalue weighted by Gasteiger charge is 2.37. The molecule has 256 valence electrons. The van der Waals surface area contributed by atoms with Gasteiger partial charge in [-0.2, -0.15) is 39.5 Å². The van der Waals surface area contributed by atoms with Crippen LogP contribution in [0.2, 0.25) is 0 Å². The molecule has 1 aliphatic heterocycles. The summed E-state index contributed by atoms with van der Waals surface area (Å²) in [6.45, 7) is 0.559. The van der Waals surface area contributed by atoms with Crippen LogP contribution in [-0.4, -0.2) is 54.2 Å². The summed E-state index contributed by atoms with van der Waals surface area (Å²) in [5.74, 6) is 5.15. The fourth-order valence-corrected chi connectivity index (χ4v) is 5.39. The van der Waals surface area contributed by atoms with Crippen molar-refractivity contribution in [3.05, 3.63) is 106 Å². The number of benzene rings is 3. The molecule has 0 amide bonds. The number of alkyl halides is 9. The van der Waals surface area contributed by atoms with E-state index >= 15 is 0 Å². The molecule has 47 heavy (non-hydrogen) atoms. The van der Waals surface area contributed by atoms with Crippen molar-refractivity contribution in [3.63, 3.8) is 0 Å². The maximum atomic E-state index is 14.0. The van der Waals surface area contributed by atoms with Crippen molar-refractivity contribution >= 4 is 5.96 Å². The van der Waals surface area contributed by atoms with Gasteiger partial charge in [0.05, 0.1) is 29.9 Å². The van der Waals surface area contributed by atoms with Crippen LogP contribution in [-0.2, 0) is 42.8 Å². The first-order valence-corrected chi connectivity index (χ1v) is 14.3. The third-order valence-corrected chi connectivity index (χ3v) is 7.55. The number of hydrogen-bond acceptors (Lipinski definition) is 5. The second kappa shape index (κ2) is 14.4. The molecule has 7 nitrogen and oxygen atoms in total. The number of hydrazine groups is 1. The van der Waals surface area contributed by atoms with Crippen LogP contribution < -0.4 is 11.6 Å². The van der Waals surface area contributed by atoms with Gasteiger partial charge in [0.15, 0.2) is 0 Å². The molecule has 0 spiro atoms. The normalized spacial score (nSPS) is 15.9. The highest BCUT2D eigenvalue weighted by Crippen LogP contribution is 2.38. The SMILES string of the molecule is CN(N)/N=C(\N)N(Cc1cc(C(F)(F)F)cc(C(F)(F)F)c1)Cc1cc(C(F)(F)F)ccc1C(Cc1ccccc1)N1CCOCC1. The molecule has 1 atom stereocenters. The Bertz CT molecular complexity index is 1490. The smallest absolute Gasteiger partial charge is 0.379 e. The molecule has 1 unspecified atom stereocenters. The lowest BCUT2D eigenvalue weighted by Crippen LogP contribution is -2.41. The molecule has 0 saturated carbocycles. The Morgan fingerprint density at radius 2 is 1.36 bits per heavy atom. The number of hydrogen-bond donors (Lipinski definition) is 2. The van der Waals surface area contributed by atoms with E-state index in [4.69, 9.17) is 16.3 Å². The van der Waals surface area contributed by atoms with E-state index in [9.17, 15) is 39.5 Å². The third kappa shape index (κ3) is 9.74. The Kier molecular flexibility index (Phi) is 11.0. The third-order valence-electron chi connectivity index (χ3n) is 7.55. The van der Waals surface area contributed by atoms with Crippen LogP contribution in [0.5, 0.6) is 0 Å². The van der Waals surface area contributed by atoms with Crippen molar-refractivity contribution in [2.45, 2.75) is 44.1 Å². The highest BCUT2D eigenvalue weighted by molar-refractivity contribution is 5.78. The van der Waals surface area contributed by atoms with Crippen molar-refractivity contribution < 1.29 is 44.3 Å². The van der Waals surface area contributed by atoms with Gasteiger partial charge in [-0.05, 0) is 59.0 Å². The van der Waals surface area contributed by atoms with E-state index in [1.165, 1.54) is 13.1 Å². The summed E-state index contributed by atoms with van der Waals surface area (Å²) in [5, 5.41) is 4.61. The summed E-state index contributed by atoms with van der Waals surface area (Å²) in [7, 11) is 1.26. The Morgan fingerprint density at radius 3 is 1.89 bits per heavy atom. The van der Waals surface area contributed by atoms with Crippen molar-refractivity contribution in [1.82, 2.24) is 14.9 Å². The lowest BCUT2D eigenvalue weighted by molar-refractivity contribution is -0.143. The standard InChI is InChI=1S/C31H33F9N6O/c1-44(42)43-28(41)46(18-21-13-24(30(35,36)37)17-25(14-21)31(38,39)40)19-22-16-23(29(32,33)34)7-8-26(22)27(45-9-11-47-12-10-45)15-20-5-3-2-4-6-20/h2-8,13-14,16-17,27H,9-12,15,18-19,42H2,1H3,(H2,41,43). The summed E-state index contributed by atoms with van der Waals surface area (Å²) >= 11 is 0. The summed E-state index contributed by atoms with van der Waals surface area (Å²) in [4.78, 5) is 3.14. The molecule has 0 radical (unpaired) electrons. The van der Waals surface area contributed by atoms with Gasteiger partial charge in [-0.15, -0.1) is 5.10 Å². The molecule has 16 heteroatoms. The molecule has 4 rings (SSSR count). The molecule has 1 fully saturated rings. The fraction of sp³-hybridized carbons (Fsp3) is 0.387. The average Bonchev–Trinajstić information content (AvgIpc) is 2.99. The van der Waals surface area contributed by atoms with Crippen LogP contribution in [0, 0.1) is 0 Å². The van der Waals surface area contributed by atoms with Gasteiger partial charge in [0, 0.05) is 39.3 Å². The minimum absolute atomic E-state index is 0.0135. The van der Waals surface area contributed by atoms with Gasteiger partial charge in [-0.25, -0.2) is 11.0 Å². The van der Waals surface area contributed by atoms with E-state index < -0.39 is 65.9 Å². The van der Waals surface area contributed by atoms with Crippen LogP contribution in [0.15, 0.2) is 71.8 Å².